The van der Waals surface area contributed by atoms with Crippen LogP contribution in [0.1, 0.15) is 5.56 Å². The molecule has 1 aromatic rings. The summed E-state index contributed by atoms with van der Waals surface area (Å²) in [6.45, 7) is 3.40. The van der Waals surface area contributed by atoms with Crippen molar-refractivity contribution in [3.05, 3.63) is 59.2 Å². The summed E-state index contributed by atoms with van der Waals surface area (Å²) in [5, 5.41) is 9.13. The van der Waals surface area contributed by atoms with Gasteiger partial charge in [-0.25, -0.2) is 0 Å². The van der Waals surface area contributed by atoms with Crippen LogP contribution in [0.15, 0.2) is 53.6 Å². The van der Waals surface area contributed by atoms with Gasteiger partial charge in [-0.15, -0.1) is 11.8 Å². The zero-order valence-corrected chi connectivity index (χ0v) is 12.2. The highest BCUT2D eigenvalue weighted by Gasteiger charge is 2.04. The van der Waals surface area contributed by atoms with Crippen LogP contribution in [0, 0.1) is 11.3 Å². The Morgan fingerprint density at radius 3 is 2.75 bits per heavy atom. The molecule has 20 heavy (non-hydrogen) atoms. The molecule has 1 aliphatic heterocycles. The van der Waals surface area contributed by atoms with Gasteiger partial charge in [0.05, 0.1) is 18.1 Å². The molecule has 1 heterocycles. The Morgan fingerprint density at radius 2 is 2.05 bits per heavy atom. The van der Waals surface area contributed by atoms with Gasteiger partial charge in [0.1, 0.15) is 6.07 Å². The first kappa shape index (κ1) is 14.7. The smallest absolute Gasteiger partial charge is 0.106 e. The molecule has 0 atom stereocenters. The lowest BCUT2D eigenvalue weighted by molar-refractivity contribution is 0.0594. The normalized spacial score (nSPS) is 16.4. The second-order valence-electron chi connectivity index (χ2n) is 4.41. The van der Waals surface area contributed by atoms with Crippen molar-refractivity contribution in [3.63, 3.8) is 0 Å². The molecule has 2 rings (SSSR count). The van der Waals surface area contributed by atoms with Gasteiger partial charge in [-0.2, -0.15) is 5.26 Å². The number of hydrogen-bond acceptors (Lipinski definition) is 4. The summed E-state index contributed by atoms with van der Waals surface area (Å²) >= 11 is 1.57. The lowest BCUT2D eigenvalue weighted by Crippen LogP contribution is -2.31. The van der Waals surface area contributed by atoms with Gasteiger partial charge in [-0.05, 0) is 23.9 Å². The summed E-state index contributed by atoms with van der Waals surface area (Å²) in [4.78, 5) is 2.94. The third kappa shape index (κ3) is 5.12. The van der Waals surface area contributed by atoms with Crippen LogP contribution in [0.4, 0.5) is 0 Å². The zero-order valence-electron chi connectivity index (χ0n) is 11.4. The monoisotopic (exact) mass is 286 g/mol. The van der Waals surface area contributed by atoms with Crippen molar-refractivity contribution < 1.29 is 4.74 Å². The van der Waals surface area contributed by atoms with E-state index in [4.69, 9.17) is 10.00 Å². The van der Waals surface area contributed by atoms with Crippen LogP contribution in [0.3, 0.4) is 0 Å². The predicted molar refractivity (Wildman–Crippen MR) is 83.0 cm³/mol. The summed E-state index contributed by atoms with van der Waals surface area (Å²) in [5.41, 5.74) is 1.23. The Kier molecular flexibility index (Phi) is 6.22. The standard InChI is InChI=1S/C16H18N2OS/c17-13-16(20-14-15-5-2-1-3-6-15)7-4-8-18-9-11-19-12-10-18/h1-8H,9-12,14H2/b8-4-,16-7-. The Balaban J connectivity index is 1.83. The lowest BCUT2D eigenvalue weighted by atomic mass is 10.2. The van der Waals surface area contributed by atoms with E-state index in [1.54, 1.807) is 11.8 Å². The number of rotatable bonds is 5. The second-order valence-corrected chi connectivity index (χ2v) is 5.42. The summed E-state index contributed by atoms with van der Waals surface area (Å²) < 4.78 is 5.29. The predicted octanol–water partition coefficient (Wildman–Crippen LogP) is 3.17. The number of hydrogen-bond donors (Lipinski definition) is 0. The largest absolute Gasteiger partial charge is 0.378 e. The van der Waals surface area contributed by atoms with Crippen molar-refractivity contribution in [2.24, 2.45) is 0 Å². The molecule has 104 valence electrons. The summed E-state index contributed by atoms with van der Waals surface area (Å²) in [6, 6.07) is 12.4. The molecule has 0 aromatic heterocycles. The molecule has 4 heteroatoms. The molecule has 1 aliphatic rings. The third-order valence-corrected chi connectivity index (χ3v) is 3.95. The van der Waals surface area contributed by atoms with Crippen LogP contribution in [-0.4, -0.2) is 31.2 Å². The highest BCUT2D eigenvalue weighted by molar-refractivity contribution is 8.02. The van der Waals surface area contributed by atoms with Gasteiger partial charge < -0.3 is 9.64 Å². The molecule has 0 bridgehead atoms. The van der Waals surface area contributed by atoms with E-state index < -0.39 is 0 Å². The molecule has 0 radical (unpaired) electrons. The minimum absolute atomic E-state index is 0.735. The maximum Gasteiger partial charge on any atom is 0.106 e. The molecule has 0 saturated carbocycles. The number of ether oxygens (including phenoxy) is 1. The molecule has 1 saturated heterocycles. The first-order valence-corrected chi connectivity index (χ1v) is 7.64. The molecule has 3 nitrogen and oxygen atoms in total. The second kappa shape index (κ2) is 8.47. The number of benzene rings is 1. The first-order valence-electron chi connectivity index (χ1n) is 6.65. The number of morpholine rings is 1. The van der Waals surface area contributed by atoms with E-state index in [0.29, 0.717) is 0 Å². The van der Waals surface area contributed by atoms with Crippen LogP contribution in [0.2, 0.25) is 0 Å². The van der Waals surface area contributed by atoms with E-state index in [0.717, 1.165) is 37.0 Å². The Labute approximate surface area is 124 Å². The maximum absolute atomic E-state index is 9.13. The fraction of sp³-hybridized carbons (Fsp3) is 0.312. The van der Waals surface area contributed by atoms with E-state index >= 15 is 0 Å². The molecule has 1 fully saturated rings. The van der Waals surface area contributed by atoms with E-state index in [-0.39, 0.29) is 0 Å². The van der Waals surface area contributed by atoms with Crippen molar-refractivity contribution in [1.29, 1.82) is 5.26 Å². The number of nitrogens with zero attached hydrogens (tertiary/aromatic N) is 2. The third-order valence-electron chi connectivity index (χ3n) is 2.94. The van der Waals surface area contributed by atoms with Crippen LogP contribution in [-0.2, 0) is 10.5 Å². The molecule has 0 aliphatic carbocycles. The molecule has 1 aromatic carbocycles. The quantitative estimate of drug-likeness (QED) is 0.615. The average Bonchev–Trinajstić information content (AvgIpc) is 2.52. The van der Waals surface area contributed by atoms with Gasteiger partial charge >= 0.3 is 0 Å². The SMILES string of the molecule is N#C/C(=C/C=C\N1CCOCC1)SCc1ccccc1. The summed E-state index contributed by atoms with van der Waals surface area (Å²) in [6.07, 6.45) is 5.86. The number of thioether (sulfide) groups is 1. The molecule has 0 spiro atoms. The van der Waals surface area contributed by atoms with Gasteiger partial charge in [-0.1, -0.05) is 30.3 Å². The number of nitriles is 1. The van der Waals surface area contributed by atoms with Crippen molar-refractivity contribution in [1.82, 2.24) is 4.90 Å². The van der Waals surface area contributed by atoms with Crippen molar-refractivity contribution in [3.8, 4) is 6.07 Å². The molecular weight excluding hydrogens is 268 g/mol. The van der Waals surface area contributed by atoms with Crippen molar-refractivity contribution in [2.75, 3.05) is 26.3 Å². The van der Waals surface area contributed by atoms with Gasteiger partial charge in [0.25, 0.3) is 0 Å². The summed E-state index contributed by atoms with van der Waals surface area (Å²) in [7, 11) is 0. The molecule has 0 N–H and O–H groups in total. The van der Waals surface area contributed by atoms with Crippen LogP contribution >= 0.6 is 11.8 Å². The number of allylic oxidation sites excluding steroid dienone is 3. The van der Waals surface area contributed by atoms with Gasteiger partial charge in [0.15, 0.2) is 0 Å². The summed E-state index contributed by atoms with van der Waals surface area (Å²) in [5.74, 6) is 0.825. The fourth-order valence-electron chi connectivity index (χ4n) is 1.83. The van der Waals surface area contributed by atoms with E-state index in [1.165, 1.54) is 5.56 Å². The van der Waals surface area contributed by atoms with Gasteiger partial charge in [0.2, 0.25) is 0 Å². The fourth-order valence-corrected chi connectivity index (χ4v) is 2.59. The van der Waals surface area contributed by atoms with E-state index in [9.17, 15) is 0 Å². The topological polar surface area (TPSA) is 36.3 Å². The molecule has 0 unspecified atom stereocenters. The molecular formula is C16H18N2OS. The highest BCUT2D eigenvalue weighted by Crippen LogP contribution is 2.20. The Bertz CT molecular complexity index is 499. The first-order chi connectivity index (χ1) is 9.88. The van der Waals surface area contributed by atoms with E-state index in [2.05, 4.69) is 23.1 Å². The highest BCUT2D eigenvalue weighted by atomic mass is 32.2. The lowest BCUT2D eigenvalue weighted by Gasteiger charge is -2.24. The van der Waals surface area contributed by atoms with Crippen LogP contribution < -0.4 is 0 Å². The Morgan fingerprint density at radius 1 is 1.30 bits per heavy atom. The van der Waals surface area contributed by atoms with Crippen LogP contribution in [0.25, 0.3) is 0 Å². The maximum atomic E-state index is 9.13. The molecule has 0 amide bonds. The van der Waals surface area contributed by atoms with Crippen molar-refractivity contribution >= 4 is 11.8 Å². The van der Waals surface area contributed by atoms with Gasteiger partial charge in [-0.3, -0.25) is 0 Å². The van der Waals surface area contributed by atoms with Crippen LogP contribution in [0.5, 0.6) is 0 Å². The van der Waals surface area contributed by atoms with Crippen molar-refractivity contribution in [2.45, 2.75) is 5.75 Å². The Hall–Kier alpha value is -1.70. The average molecular weight is 286 g/mol. The zero-order chi connectivity index (χ0) is 14.0. The minimum atomic E-state index is 0.735. The van der Waals surface area contributed by atoms with Gasteiger partial charge in [0, 0.05) is 18.8 Å². The minimum Gasteiger partial charge on any atom is -0.378 e. The van der Waals surface area contributed by atoms with E-state index in [1.807, 2.05) is 36.6 Å².